The summed E-state index contributed by atoms with van der Waals surface area (Å²) in [6, 6.07) is 19.1. The largest absolute Gasteiger partial charge is 0.349 e. The highest BCUT2D eigenvalue weighted by molar-refractivity contribution is 7.19. The summed E-state index contributed by atoms with van der Waals surface area (Å²) in [7, 11) is 0. The van der Waals surface area contributed by atoms with E-state index in [9.17, 15) is 4.79 Å². The van der Waals surface area contributed by atoms with Gasteiger partial charge in [0.15, 0.2) is 0 Å². The standard InChI is InChI=1S/C26H22Cl3N3OS/c1-15(16-6-3-2-4-7-16)30-26(33)19-9-5-8-18-24(19)31-32(21-11-10-17(27)14-20(21)28)25(18)22-12-13-23(29)34-22/h2-4,6-7,10-15,19H,5,8-9H2,1H3,(H,30,33)/t15-,19-/m1/s1. The predicted octanol–water partition coefficient (Wildman–Crippen LogP) is 7.86. The van der Waals surface area contributed by atoms with Crippen molar-refractivity contribution < 1.29 is 4.79 Å². The highest BCUT2D eigenvalue weighted by Gasteiger charge is 2.34. The first-order valence-electron chi connectivity index (χ1n) is 11.1. The van der Waals surface area contributed by atoms with E-state index in [1.807, 2.05) is 60.1 Å². The number of halogens is 3. The van der Waals surface area contributed by atoms with Gasteiger partial charge in [-0.2, -0.15) is 5.10 Å². The molecule has 0 saturated carbocycles. The van der Waals surface area contributed by atoms with Crippen LogP contribution in [0.3, 0.4) is 0 Å². The molecule has 0 saturated heterocycles. The molecule has 5 rings (SSSR count). The number of amides is 1. The van der Waals surface area contributed by atoms with Crippen LogP contribution in [0.25, 0.3) is 16.3 Å². The average Bonchev–Trinajstić information content (AvgIpc) is 3.42. The number of aromatic nitrogens is 2. The van der Waals surface area contributed by atoms with E-state index in [0.717, 1.165) is 52.3 Å². The predicted molar refractivity (Wildman–Crippen MR) is 141 cm³/mol. The Balaban J connectivity index is 1.57. The van der Waals surface area contributed by atoms with Gasteiger partial charge in [0.1, 0.15) is 0 Å². The summed E-state index contributed by atoms with van der Waals surface area (Å²) in [5.41, 5.74) is 4.60. The quantitative estimate of drug-likeness (QED) is 0.285. The zero-order valence-corrected chi connectivity index (χ0v) is 21.5. The third-order valence-electron chi connectivity index (χ3n) is 6.18. The summed E-state index contributed by atoms with van der Waals surface area (Å²) >= 11 is 20.5. The summed E-state index contributed by atoms with van der Waals surface area (Å²) in [6.07, 6.45) is 2.48. The fourth-order valence-corrected chi connectivity index (χ4v) is 6.12. The number of carbonyl (C=O) groups excluding carboxylic acids is 1. The van der Waals surface area contributed by atoms with E-state index in [-0.39, 0.29) is 17.9 Å². The molecule has 4 nitrogen and oxygen atoms in total. The van der Waals surface area contributed by atoms with Gasteiger partial charge < -0.3 is 5.32 Å². The molecule has 1 N–H and O–H groups in total. The maximum atomic E-state index is 13.4. The molecule has 2 atom stereocenters. The molecule has 2 aromatic carbocycles. The van der Waals surface area contributed by atoms with Crippen LogP contribution in [0.1, 0.15) is 48.5 Å². The normalized spacial score (nSPS) is 16.2. The van der Waals surface area contributed by atoms with Crippen molar-refractivity contribution in [3.05, 3.63) is 91.9 Å². The first-order chi connectivity index (χ1) is 16.4. The van der Waals surface area contributed by atoms with Crippen molar-refractivity contribution in [1.82, 2.24) is 15.1 Å². The van der Waals surface area contributed by atoms with Gasteiger partial charge in [-0.1, -0.05) is 65.1 Å². The minimum Gasteiger partial charge on any atom is -0.349 e. The van der Waals surface area contributed by atoms with Crippen LogP contribution in [0.5, 0.6) is 0 Å². The second-order valence-electron chi connectivity index (χ2n) is 8.41. The van der Waals surface area contributed by atoms with Crippen LogP contribution >= 0.6 is 46.1 Å². The molecule has 0 bridgehead atoms. The second-order valence-corrected chi connectivity index (χ2v) is 11.0. The van der Waals surface area contributed by atoms with E-state index in [1.165, 1.54) is 11.3 Å². The number of nitrogens with zero attached hydrogens (tertiary/aromatic N) is 2. The minimum absolute atomic E-state index is 0.0140. The molecular weight excluding hydrogens is 509 g/mol. The van der Waals surface area contributed by atoms with Gasteiger partial charge in [0, 0.05) is 10.6 Å². The van der Waals surface area contributed by atoms with Crippen molar-refractivity contribution in [2.75, 3.05) is 0 Å². The molecule has 0 unspecified atom stereocenters. The molecule has 0 fully saturated rings. The number of nitrogens with one attached hydrogen (secondary N) is 1. The number of rotatable bonds is 5. The Kier molecular flexibility index (Phi) is 6.72. The molecule has 1 amide bonds. The number of hydrogen-bond donors (Lipinski definition) is 1. The third kappa shape index (κ3) is 4.50. The topological polar surface area (TPSA) is 46.9 Å². The summed E-state index contributed by atoms with van der Waals surface area (Å²) in [6.45, 7) is 2.00. The SMILES string of the molecule is C[C@@H](NC(=O)[C@@H]1CCCc2c1nn(-c1ccc(Cl)cc1Cl)c2-c1ccc(Cl)s1)c1ccccc1. The molecular formula is C26H22Cl3N3OS. The van der Waals surface area contributed by atoms with Crippen LogP contribution in [0, 0.1) is 0 Å². The van der Waals surface area contributed by atoms with Gasteiger partial charge in [-0.3, -0.25) is 4.79 Å². The lowest BCUT2D eigenvalue weighted by Gasteiger charge is -2.23. The van der Waals surface area contributed by atoms with Crippen LogP contribution in [0.15, 0.2) is 60.7 Å². The Bertz CT molecular complexity index is 1350. The maximum absolute atomic E-state index is 13.4. The minimum atomic E-state index is -0.337. The lowest BCUT2D eigenvalue weighted by Crippen LogP contribution is -2.33. The fourth-order valence-electron chi connectivity index (χ4n) is 4.53. The van der Waals surface area contributed by atoms with Crippen LogP contribution in [-0.2, 0) is 11.2 Å². The highest BCUT2D eigenvalue weighted by atomic mass is 35.5. The monoisotopic (exact) mass is 529 g/mol. The van der Waals surface area contributed by atoms with Crippen molar-refractivity contribution >= 4 is 52.0 Å². The van der Waals surface area contributed by atoms with Gasteiger partial charge in [0.05, 0.1) is 43.3 Å². The molecule has 174 valence electrons. The second kappa shape index (κ2) is 9.74. The van der Waals surface area contributed by atoms with Gasteiger partial charge in [-0.25, -0.2) is 4.68 Å². The van der Waals surface area contributed by atoms with Crippen molar-refractivity contribution in [3.8, 4) is 16.3 Å². The first kappa shape index (κ1) is 23.4. The Morgan fingerprint density at radius 3 is 2.62 bits per heavy atom. The van der Waals surface area contributed by atoms with Crippen molar-refractivity contribution in [2.45, 2.75) is 38.1 Å². The number of benzene rings is 2. The van der Waals surface area contributed by atoms with E-state index < -0.39 is 0 Å². The summed E-state index contributed by atoms with van der Waals surface area (Å²) in [5.74, 6) is -0.351. The zero-order chi connectivity index (χ0) is 23.8. The third-order valence-corrected chi connectivity index (χ3v) is 7.96. The number of carbonyl (C=O) groups is 1. The molecule has 34 heavy (non-hydrogen) atoms. The zero-order valence-electron chi connectivity index (χ0n) is 18.4. The van der Waals surface area contributed by atoms with Gasteiger partial charge in [0.25, 0.3) is 0 Å². The molecule has 1 aliphatic rings. The molecule has 0 radical (unpaired) electrons. The Morgan fingerprint density at radius 2 is 1.91 bits per heavy atom. The number of fused-ring (bicyclic) bond motifs is 1. The smallest absolute Gasteiger partial charge is 0.229 e. The number of thiophene rings is 1. The van der Waals surface area contributed by atoms with Crippen molar-refractivity contribution in [3.63, 3.8) is 0 Å². The maximum Gasteiger partial charge on any atom is 0.229 e. The lowest BCUT2D eigenvalue weighted by molar-refractivity contribution is -0.123. The van der Waals surface area contributed by atoms with Crippen LogP contribution in [0.2, 0.25) is 14.4 Å². The van der Waals surface area contributed by atoms with E-state index in [2.05, 4.69) is 5.32 Å². The summed E-state index contributed by atoms with van der Waals surface area (Å²) < 4.78 is 2.54. The Hall–Kier alpha value is -2.31. The molecule has 4 aromatic rings. The fraction of sp³-hybridized carbons (Fsp3) is 0.231. The highest BCUT2D eigenvalue weighted by Crippen LogP contribution is 2.42. The van der Waals surface area contributed by atoms with E-state index in [0.29, 0.717) is 14.4 Å². The van der Waals surface area contributed by atoms with Crippen molar-refractivity contribution in [2.24, 2.45) is 0 Å². The summed E-state index contributed by atoms with van der Waals surface area (Å²) in [4.78, 5) is 14.4. The van der Waals surface area contributed by atoms with Crippen molar-refractivity contribution in [1.29, 1.82) is 0 Å². The van der Waals surface area contributed by atoms with Gasteiger partial charge in [0.2, 0.25) is 5.91 Å². The molecule has 2 aromatic heterocycles. The Labute approximate surface area is 217 Å². The van der Waals surface area contributed by atoms with Crippen LogP contribution in [0.4, 0.5) is 0 Å². The van der Waals surface area contributed by atoms with E-state index in [4.69, 9.17) is 39.9 Å². The molecule has 1 aliphatic carbocycles. The van der Waals surface area contributed by atoms with Gasteiger partial charge >= 0.3 is 0 Å². The average molecular weight is 531 g/mol. The first-order valence-corrected chi connectivity index (χ1v) is 13.1. The molecule has 0 spiro atoms. The Morgan fingerprint density at radius 1 is 1.12 bits per heavy atom. The summed E-state index contributed by atoms with van der Waals surface area (Å²) in [5, 5.41) is 9.21. The molecule has 0 aliphatic heterocycles. The van der Waals surface area contributed by atoms with E-state index >= 15 is 0 Å². The van der Waals surface area contributed by atoms with Crippen LogP contribution < -0.4 is 5.32 Å². The van der Waals surface area contributed by atoms with Gasteiger partial charge in [-0.15, -0.1) is 11.3 Å². The number of hydrogen-bond acceptors (Lipinski definition) is 3. The molecule has 8 heteroatoms. The van der Waals surface area contributed by atoms with Gasteiger partial charge in [-0.05, 0) is 62.1 Å². The lowest BCUT2D eigenvalue weighted by atomic mass is 9.85. The van der Waals surface area contributed by atoms with Crippen LogP contribution in [-0.4, -0.2) is 15.7 Å². The van der Waals surface area contributed by atoms with E-state index in [1.54, 1.807) is 12.1 Å². The molecule has 2 heterocycles.